The van der Waals surface area contributed by atoms with E-state index < -0.39 is 0 Å². The van der Waals surface area contributed by atoms with Crippen LogP contribution in [0.4, 0.5) is 0 Å². The summed E-state index contributed by atoms with van der Waals surface area (Å²) in [6, 6.07) is 13.8. The molecule has 2 aromatic carbocycles. The second-order valence-electron chi connectivity index (χ2n) is 4.39. The first-order valence-corrected chi connectivity index (χ1v) is 7.33. The molecule has 4 nitrogen and oxygen atoms in total. The van der Waals surface area contributed by atoms with Crippen LogP contribution >= 0.6 is 15.9 Å². The standard InChI is InChI=1S/C16H18BrNO3/c1-19-15-8-13(14(17)9-16(15)20-2)10-18-21-11-12-6-4-3-5-7-12/h3-9,18H,10-11H2,1-2H3. The largest absolute Gasteiger partial charge is 0.493 e. The van der Waals surface area contributed by atoms with E-state index in [-0.39, 0.29) is 0 Å². The first-order chi connectivity index (χ1) is 10.2. The Hall–Kier alpha value is -1.56. The molecule has 0 saturated heterocycles. The summed E-state index contributed by atoms with van der Waals surface area (Å²) in [7, 11) is 3.24. The third-order valence-corrected chi connectivity index (χ3v) is 3.74. The van der Waals surface area contributed by atoms with Crippen LogP contribution in [0.5, 0.6) is 11.5 Å². The van der Waals surface area contributed by atoms with E-state index in [1.54, 1.807) is 14.2 Å². The molecule has 1 N–H and O–H groups in total. The summed E-state index contributed by atoms with van der Waals surface area (Å²) in [5.74, 6) is 1.39. The molecule has 0 spiro atoms. The Morgan fingerprint density at radius 3 is 2.33 bits per heavy atom. The molecule has 0 bridgehead atoms. The number of hydroxylamine groups is 1. The molecule has 0 aliphatic rings. The summed E-state index contributed by atoms with van der Waals surface area (Å²) < 4.78 is 11.5. The van der Waals surface area contributed by atoms with E-state index in [4.69, 9.17) is 14.3 Å². The van der Waals surface area contributed by atoms with Gasteiger partial charge in [-0.2, -0.15) is 5.48 Å². The molecule has 0 atom stereocenters. The van der Waals surface area contributed by atoms with Gasteiger partial charge in [0.25, 0.3) is 0 Å². The zero-order chi connectivity index (χ0) is 15.1. The number of methoxy groups -OCH3 is 2. The zero-order valence-corrected chi connectivity index (χ0v) is 13.6. The van der Waals surface area contributed by atoms with Crippen molar-refractivity contribution in [1.82, 2.24) is 5.48 Å². The van der Waals surface area contributed by atoms with Crippen molar-refractivity contribution in [1.29, 1.82) is 0 Å². The van der Waals surface area contributed by atoms with Gasteiger partial charge >= 0.3 is 0 Å². The number of hydrogen-bond donors (Lipinski definition) is 1. The van der Waals surface area contributed by atoms with Crippen molar-refractivity contribution in [2.24, 2.45) is 0 Å². The van der Waals surface area contributed by atoms with Gasteiger partial charge in [0.1, 0.15) is 0 Å². The zero-order valence-electron chi connectivity index (χ0n) is 12.1. The first-order valence-electron chi connectivity index (χ1n) is 6.53. The van der Waals surface area contributed by atoms with E-state index in [1.165, 1.54) is 0 Å². The van der Waals surface area contributed by atoms with Gasteiger partial charge in [0, 0.05) is 11.0 Å². The number of halogens is 1. The van der Waals surface area contributed by atoms with Gasteiger partial charge in [0.2, 0.25) is 0 Å². The van der Waals surface area contributed by atoms with Crippen LogP contribution in [0.1, 0.15) is 11.1 Å². The predicted molar refractivity (Wildman–Crippen MR) is 85.3 cm³/mol. The minimum Gasteiger partial charge on any atom is -0.493 e. The molecule has 0 aliphatic heterocycles. The van der Waals surface area contributed by atoms with Crippen LogP contribution in [0.15, 0.2) is 46.9 Å². The molecule has 0 unspecified atom stereocenters. The van der Waals surface area contributed by atoms with Gasteiger partial charge in [0.05, 0.1) is 20.8 Å². The average molecular weight is 352 g/mol. The van der Waals surface area contributed by atoms with Crippen molar-refractivity contribution >= 4 is 15.9 Å². The lowest BCUT2D eigenvalue weighted by Crippen LogP contribution is -2.14. The Kier molecular flexibility index (Phi) is 6.04. The molecule has 0 fully saturated rings. The lowest BCUT2D eigenvalue weighted by Gasteiger charge is -2.12. The predicted octanol–water partition coefficient (Wildman–Crippen LogP) is 3.69. The molecular weight excluding hydrogens is 334 g/mol. The van der Waals surface area contributed by atoms with E-state index in [1.807, 2.05) is 42.5 Å². The Bertz CT molecular complexity index is 575. The van der Waals surface area contributed by atoms with Gasteiger partial charge in [0.15, 0.2) is 11.5 Å². The molecule has 0 heterocycles. The minimum absolute atomic E-state index is 0.520. The molecule has 0 radical (unpaired) electrons. The minimum atomic E-state index is 0.520. The maximum atomic E-state index is 5.47. The van der Waals surface area contributed by atoms with Crippen LogP contribution in [0.25, 0.3) is 0 Å². The highest BCUT2D eigenvalue weighted by Gasteiger charge is 2.09. The van der Waals surface area contributed by atoms with Crippen molar-refractivity contribution in [3.05, 3.63) is 58.1 Å². The molecule has 2 aromatic rings. The smallest absolute Gasteiger partial charge is 0.161 e. The van der Waals surface area contributed by atoms with Crippen LogP contribution in [0.2, 0.25) is 0 Å². The lowest BCUT2D eigenvalue weighted by atomic mass is 10.2. The van der Waals surface area contributed by atoms with Gasteiger partial charge in [-0.15, -0.1) is 0 Å². The highest BCUT2D eigenvalue weighted by atomic mass is 79.9. The van der Waals surface area contributed by atoms with E-state index in [0.29, 0.717) is 24.7 Å². The SMILES string of the molecule is COc1cc(Br)c(CNOCc2ccccc2)cc1OC. The van der Waals surface area contributed by atoms with E-state index in [2.05, 4.69) is 21.4 Å². The van der Waals surface area contributed by atoms with Gasteiger partial charge in [-0.05, 0) is 23.3 Å². The Balaban J connectivity index is 1.91. The molecule has 21 heavy (non-hydrogen) atoms. The second kappa shape index (κ2) is 8.02. The number of benzene rings is 2. The first kappa shape index (κ1) is 15.8. The Labute approximate surface area is 133 Å². The molecule has 2 rings (SSSR count). The highest BCUT2D eigenvalue weighted by molar-refractivity contribution is 9.10. The summed E-state index contributed by atoms with van der Waals surface area (Å²) in [4.78, 5) is 5.47. The van der Waals surface area contributed by atoms with E-state index >= 15 is 0 Å². The normalized spacial score (nSPS) is 10.4. The topological polar surface area (TPSA) is 39.7 Å². The third kappa shape index (κ3) is 4.46. The molecule has 5 heteroatoms. The average Bonchev–Trinajstić information content (AvgIpc) is 2.53. The molecule has 0 saturated carbocycles. The molecule has 0 aliphatic carbocycles. The van der Waals surface area contributed by atoms with Gasteiger partial charge in [-0.1, -0.05) is 46.3 Å². The highest BCUT2D eigenvalue weighted by Crippen LogP contribution is 2.33. The summed E-state index contributed by atoms with van der Waals surface area (Å²) in [6.45, 7) is 1.08. The second-order valence-corrected chi connectivity index (χ2v) is 5.25. The molecule has 112 valence electrons. The number of nitrogens with one attached hydrogen (secondary N) is 1. The Morgan fingerprint density at radius 1 is 1.00 bits per heavy atom. The van der Waals surface area contributed by atoms with Crippen LogP contribution in [0.3, 0.4) is 0 Å². The van der Waals surface area contributed by atoms with Gasteiger partial charge in [-0.25, -0.2) is 0 Å². The molecule has 0 amide bonds. The van der Waals surface area contributed by atoms with Crippen LogP contribution < -0.4 is 15.0 Å². The number of ether oxygens (including phenoxy) is 2. The summed E-state index contributed by atoms with van der Waals surface area (Å²) in [5, 5.41) is 0. The monoisotopic (exact) mass is 351 g/mol. The lowest BCUT2D eigenvalue weighted by molar-refractivity contribution is 0.0233. The van der Waals surface area contributed by atoms with Crippen molar-refractivity contribution in [3.8, 4) is 11.5 Å². The quantitative estimate of drug-likeness (QED) is 0.610. The maximum Gasteiger partial charge on any atom is 0.161 e. The number of hydrogen-bond acceptors (Lipinski definition) is 4. The Morgan fingerprint density at radius 2 is 1.67 bits per heavy atom. The van der Waals surface area contributed by atoms with Gasteiger partial charge in [-0.3, -0.25) is 4.84 Å². The van der Waals surface area contributed by atoms with E-state index in [9.17, 15) is 0 Å². The van der Waals surface area contributed by atoms with Crippen LogP contribution in [0, 0.1) is 0 Å². The van der Waals surface area contributed by atoms with Gasteiger partial charge < -0.3 is 9.47 Å². The molecule has 0 aromatic heterocycles. The number of rotatable bonds is 7. The summed E-state index contributed by atoms with van der Waals surface area (Å²) in [6.07, 6.45) is 0. The summed E-state index contributed by atoms with van der Waals surface area (Å²) >= 11 is 3.52. The third-order valence-electron chi connectivity index (χ3n) is 3.00. The maximum absolute atomic E-state index is 5.47. The molecular formula is C16H18BrNO3. The van der Waals surface area contributed by atoms with Crippen molar-refractivity contribution in [3.63, 3.8) is 0 Å². The fourth-order valence-corrected chi connectivity index (χ4v) is 2.33. The van der Waals surface area contributed by atoms with Crippen molar-refractivity contribution < 1.29 is 14.3 Å². The van der Waals surface area contributed by atoms with Crippen LogP contribution in [-0.4, -0.2) is 14.2 Å². The van der Waals surface area contributed by atoms with Crippen molar-refractivity contribution in [2.75, 3.05) is 14.2 Å². The van der Waals surface area contributed by atoms with E-state index in [0.717, 1.165) is 15.6 Å². The van der Waals surface area contributed by atoms with Crippen molar-refractivity contribution in [2.45, 2.75) is 13.2 Å². The fourth-order valence-electron chi connectivity index (χ4n) is 1.87. The van der Waals surface area contributed by atoms with Crippen LogP contribution in [-0.2, 0) is 18.0 Å². The fraction of sp³-hybridized carbons (Fsp3) is 0.250. The summed E-state index contributed by atoms with van der Waals surface area (Å²) in [5.41, 5.74) is 5.10.